The summed E-state index contributed by atoms with van der Waals surface area (Å²) in [5, 5.41) is 15.9. The maximum Gasteiger partial charge on any atom is 0.348 e. The molecular weight excluding hydrogens is 336 g/mol. The van der Waals surface area contributed by atoms with E-state index in [4.69, 9.17) is 9.15 Å². The molecule has 26 heavy (non-hydrogen) atoms. The number of hydrazone groups is 1. The molecule has 1 aromatic carbocycles. The van der Waals surface area contributed by atoms with E-state index in [0.717, 1.165) is 5.56 Å². The van der Waals surface area contributed by atoms with Crippen molar-refractivity contribution in [1.82, 2.24) is 5.01 Å². The lowest BCUT2D eigenvalue weighted by molar-refractivity contribution is -0.132. The first-order chi connectivity index (χ1) is 12.4. The summed E-state index contributed by atoms with van der Waals surface area (Å²) in [5.74, 6) is 0.648. The highest BCUT2D eigenvalue weighted by atomic mass is 16.5. The van der Waals surface area contributed by atoms with E-state index in [-0.39, 0.29) is 29.7 Å². The predicted molar refractivity (Wildman–Crippen MR) is 95.4 cm³/mol. The van der Waals surface area contributed by atoms with E-state index in [1.165, 1.54) is 11.1 Å². The highest BCUT2D eigenvalue weighted by Crippen LogP contribution is 2.35. The second kappa shape index (κ2) is 7.03. The van der Waals surface area contributed by atoms with Crippen LogP contribution in [0.2, 0.25) is 0 Å². The molecule has 0 saturated heterocycles. The number of hydrogen-bond donors (Lipinski definition) is 1. The number of carbonyl (C=O) groups is 1. The first kappa shape index (κ1) is 17.7. The Labute approximate surface area is 150 Å². The molecule has 1 aliphatic heterocycles. The number of nitrogens with zero attached hydrogens (tertiary/aromatic N) is 2. The van der Waals surface area contributed by atoms with Crippen molar-refractivity contribution < 1.29 is 19.1 Å². The van der Waals surface area contributed by atoms with Crippen molar-refractivity contribution in [2.75, 3.05) is 7.11 Å². The lowest BCUT2D eigenvalue weighted by atomic mass is 9.98. The van der Waals surface area contributed by atoms with E-state index in [1.807, 2.05) is 12.1 Å². The lowest BCUT2D eigenvalue weighted by Crippen LogP contribution is -2.26. The molecule has 1 atom stereocenters. The minimum Gasteiger partial charge on any atom is -0.507 e. The number of benzene rings is 1. The molecule has 0 radical (unpaired) electrons. The van der Waals surface area contributed by atoms with Crippen molar-refractivity contribution >= 4 is 11.6 Å². The summed E-state index contributed by atoms with van der Waals surface area (Å²) in [7, 11) is 1.58. The molecule has 0 aliphatic carbocycles. The fourth-order valence-corrected chi connectivity index (χ4v) is 3.00. The second-order valence-electron chi connectivity index (χ2n) is 6.04. The van der Waals surface area contributed by atoms with Crippen LogP contribution >= 0.6 is 0 Å². The van der Waals surface area contributed by atoms with Gasteiger partial charge >= 0.3 is 5.63 Å². The Bertz CT molecular complexity index is 915. The van der Waals surface area contributed by atoms with Gasteiger partial charge in [-0.3, -0.25) is 4.79 Å². The third-order valence-corrected chi connectivity index (χ3v) is 4.31. The zero-order valence-electron chi connectivity index (χ0n) is 14.9. The van der Waals surface area contributed by atoms with Gasteiger partial charge in [-0.2, -0.15) is 5.10 Å². The SMILES string of the molecule is CCC(=O)N1N=C(c2c(O)cc(C)oc2=O)CC1c1ccc(OC)cc1. The van der Waals surface area contributed by atoms with Gasteiger partial charge in [0.2, 0.25) is 5.91 Å². The van der Waals surface area contributed by atoms with Crippen LogP contribution in [0.1, 0.15) is 42.7 Å². The predicted octanol–water partition coefficient (Wildman–Crippen LogP) is 2.75. The van der Waals surface area contributed by atoms with E-state index in [2.05, 4.69) is 5.10 Å². The van der Waals surface area contributed by atoms with Crippen molar-refractivity contribution in [2.24, 2.45) is 5.10 Å². The van der Waals surface area contributed by atoms with Gasteiger partial charge in [0, 0.05) is 18.9 Å². The molecule has 2 heterocycles. The first-order valence-electron chi connectivity index (χ1n) is 8.32. The molecule has 2 aromatic rings. The fraction of sp³-hybridized carbons (Fsp3) is 0.316. The number of carbonyl (C=O) groups excluding carboxylic acids is 1. The van der Waals surface area contributed by atoms with Crippen LogP contribution in [0.15, 0.2) is 44.6 Å². The zero-order chi connectivity index (χ0) is 18.8. The molecule has 136 valence electrons. The summed E-state index contributed by atoms with van der Waals surface area (Å²) in [5.41, 5.74) is 0.530. The monoisotopic (exact) mass is 356 g/mol. The first-order valence-corrected chi connectivity index (χ1v) is 8.32. The molecule has 7 heteroatoms. The molecule has 1 amide bonds. The van der Waals surface area contributed by atoms with Crippen molar-refractivity contribution in [3.05, 3.63) is 57.6 Å². The summed E-state index contributed by atoms with van der Waals surface area (Å²) in [4.78, 5) is 24.5. The molecule has 1 N–H and O–H groups in total. The smallest absolute Gasteiger partial charge is 0.348 e. The van der Waals surface area contributed by atoms with Gasteiger partial charge in [0.15, 0.2) is 0 Å². The quantitative estimate of drug-likeness (QED) is 0.909. The van der Waals surface area contributed by atoms with Crippen molar-refractivity contribution in [3.63, 3.8) is 0 Å². The molecule has 0 bridgehead atoms. The molecule has 0 saturated carbocycles. The van der Waals surface area contributed by atoms with E-state index >= 15 is 0 Å². The molecule has 1 aliphatic rings. The third-order valence-electron chi connectivity index (χ3n) is 4.31. The molecule has 1 aromatic heterocycles. The number of aryl methyl sites for hydroxylation is 1. The van der Waals surface area contributed by atoms with Gasteiger partial charge in [-0.1, -0.05) is 19.1 Å². The second-order valence-corrected chi connectivity index (χ2v) is 6.04. The van der Waals surface area contributed by atoms with Gasteiger partial charge in [0.25, 0.3) is 0 Å². The van der Waals surface area contributed by atoms with Gasteiger partial charge in [0.05, 0.1) is 18.9 Å². The van der Waals surface area contributed by atoms with Crippen LogP contribution in [0.5, 0.6) is 11.5 Å². The number of methoxy groups -OCH3 is 1. The number of amides is 1. The Morgan fingerprint density at radius 2 is 2.08 bits per heavy atom. The summed E-state index contributed by atoms with van der Waals surface area (Å²) in [6.45, 7) is 3.33. The maximum atomic E-state index is 12.4. The fourth-order valence-electron chi connectivity index (χ4n) is 3.00. The molecule has 7 nitrogen and oxygen atoms in total. The van der Waals surface area contributed by atoms with Gasteiger partial charge in [-0.25, -0.2) is 9.80 Å². The van der Waals surface area contributed by atoms with Gasteiger partial charge in [0.1, 0.15) is 22.8 Å². The number of hydrogen-bond acceptors (Lipinski definition) is 6. The summed E-state index contributed by atoms with van der Waals surface area (Å²) in [6.07, 6.45) is 0.581. The molecule has 1 unspecified atom stereocenters. The Balaban J connectivity index is 2.02. The standard InChI is InChI=1S/C19H20N2O5/c1-4-17(23)21-15(12-5-7-13(25-3)8-6-12)10-14(20-21)18-16(22)9-11(2)26-19(18)24/h5-9,15,22H,4,10H2,1-3H3. The average molecular weight is 356 g/mol. The number of ether oxygens (including phenoxy) is 1. The largest absolute Gasteiger partial charge is 0.507 e. The van der Waals surface area contributed by atoms with Crippen LogP contribution in [-0.2, 0) is 4.79 Å². The van der Waals surface area contributed by atoms with Gasteiger partial charge in [-0.15, -0.1) is 0 Å². The Hall–Kier alpha value is -3.09. The Kier molecular flexibility index (Phi) is 4.79. The molecule has 0 fully saturated rings. The van der Waals surface area contributed by atoms with Crippen LogP contribution in [0, 0.1) is 6.92 Å². The molecular formula is C19H20N2O5. The number of aromatic hydroxyl groups is 1. The summed E-state index contributed by atoms with van der Waals surface area (Å²) >= 11 is 0. The van der Waals surface area contributed by atoms with E-state index in [0.29, 0.717) is 23.6 Å². The topological polar surface area (TPSA) is 92.3 Å². The summed E-state index contributed by atoms with van der Waals surface area (Å²) < 4.78 is 10.2. The minimum absolute atomic E-state index is 0.000477. The summed E-state index contributed by atoms with van der Waals surface area (Å²) in [6, 6.07) is 8.33. The molecule has 0 spiro atoms. The third kappa shape index (κ3) is 3.20. The van der Waals surface area contributed by atoms with Gasteiger partial charge in [-0.05, 0) is 24.6 Å². The Morgan fingerprint density at radius 1 is 1.38 bits per heavy atom. The van der Waals surface area contributed by atoms with E-state index in [1.54, 1.807) is 33.1 Å². The van der Waals surface area contributed by atoms with Crippen LogP contribution in [0.25, 0.3) is 0 Å². The number of rotatable bonds is 4. The van der Waals surface area contributed by atoms with Crippen LogP contribution in [0.3, 0.4) is 0 Å². The lowest BCUT2D eigenvalue weighted by Gasteiger charge is -2.21. The van der Waals surface area contributed by atoms with Crippen molar-refractivity contribution in [2.45, 2.75) is 32.7 Å². The average Bonchev–Trinajstić information content (AvgIpc) is 3.05. The van der Waals surface area contributed by atoms with Crippen LogP contribution in [0.4, 0.5) is 0 Å². The van der Waals surface area contributed by atoms with Gasteiger partial charge < -0.3 is 14.3 Å². The molecule has 3 rings (SSSR count). The highest BCUT2D eigenvalue weighted by Gasteiger charge is 2.34. The van der Waals surface area contributed by atoms with Crippen LogP contribution in [-0.4, -0.2) is 28.8 Å². The normalized spacial score (nSPS) is 16.5. The highest BCUT2D eigenvalue weighted by molar-refractivity contribution is 6.04. The maximum absolute atomic E-state index is 12.4. The van der Waals surface area contributed by atoms with Crippen LogP contribution < -0.4 is 10.4 Å². The minimum atomic E-state index is -0.666. The van der Waals surface area contributed by atoms with E-state index in [9.17, 15) is 14.7 Å². The Morgan fingerprint density at radius 3 is 2.65 bits per heavy atom. The van der Waals surface area contributed by atoms with E-state index < -0.39 is 5.63 Å². The van der Waals surface area contributed by atoms with Crippen molar-refractivity contribution in [3.8, 4) is 11.5 Å². The zero-order valence-corrected chi connectivity index (χ0v) is 14.9. The van der Waals surface area contributed by atoms with Crippen molar-refractivity contribution in [1.29, 1.82) is 0 Å².